The summed E-state index contributed by atoms with van der Waals surface area (Å²) in [6, 6.07) is 11.2. The molecule has 2 aromatic carbocycles. The number of hydrogen-bond acceptors (Lipinski definition) is 4. The van der Waals surface area contributed by atoms with Crippen LogP contribution in [0.25, 0.3) is 0 Å². The van der Waals surface area contributed by atoms with Crippen LogP contribution in [0, 0.1) is 5.82 Å². The van der Waals surface area contributed by atoms with Gasteiger partial charge in [-0.15, -0.1) is 0 Å². The highest BCUT2D eigenvalue weighted by Gasteiger charge is 2.49. The summed E-state index contributed by atoms with van der Waals surface area (Å²) in [4.78, 5) is 26.5. The highest BCUT2D eigenvalue weighted by Crippen LogP contribution is 2.32. The summed E-state index contributed by atoms with van der Waals surface area (Å²) in [6.45, 7) is 1.19. The van der Waals surface area contributed by atoms with Gasteiger partial charge in [-0.1, -0.05) is 30.3 Å². The van der Waals surface area contributed by atoms with E-state index in [0.717, 1.165) is 29.7 Å². The molecule has 152 valence electrons. The van der Waals surface area contributed by atoms with Gasteiger partial charge in [-0.3, -0.25) is 9.69 Å². The first-order valence-corrected chi connectivity index (χ1v) is 9.70. The number of imide groups is 1. The van der Waals surface area contributed by atoms with Crippen LogP contribution in [0.5, 0.6) is 5.75 Å². The van der Waals surface area contributed by atoms with Crippen LogP contribution in [0.3, 0.4) is 0 Å². The Kier molecular flexibility index (Phi) is 5.00. The molecule has 1 fully saturated rings. The number of nitrogens with one attached hydrogen (secondary N) is 1. The lowest BCUT2D eigenvalue weighted by Gasteiger charge is -2.24. The molecule has 0 aromatic heterocycles. The number of amides is 3. The molecule has 2 aromatic rings. The van der Waals surface area contributed by atoms with E-state index in [4.69, 9.17) is 4.74 Å². The van der Waals surface area contributed by atoms with E-state index in [9.17, 15) is 19.1 Å². The first-order valence-electron chi connectivity index (χ1n) is 9.70. The van der Waals surface area contributed by atoms with Crippen LogP contribution in [0.2, 0.25) is 0 Å². The molecule has 1 aliphatic heterocycles. The highest BCUT2D eigenvalue weighted by molar-refractivity contribution is 6.07. The molecule has 2 atom stereocenters. The standard InChI is InChI=1S/C22H23FN2O4/c1-22(16-10-9-14-5-4-6-15(14)11-16)20(27)25(21(28)24-22)12-17(26)13-29-19-8-3-2-7-18(19)23/h2-3,7-11,17,26H,4-6,12-13H2,1H3,(H,24,28)/t17-,22+/m1/s1. The molecule has 7 heteroatoms. The lowest BCUT2D eigenvalue weighted by molar-refractivity contribution is -0.132. The van der Waals surface area contributed by atoms with Crippen LogP contribution in [-0.4, -0.2) is 41.2 Å². The number of nitrogens with zero attached hydrogens (tertiary/aromatic N) is 1. The number of aryl methyl sites for hydroxylation is 2. The first kappa shape index (κ1) is 19.4. The van der Waals surface area contributed by atoms with Crippen molar-refractivity contribution < 1.29 is 23.8 Å². The van der Waals surface area contributed by atoms with Crippen molar-refractivity contribution in [3.8, 4) is 5.75 Å². The Bertz CT molecular complexity index is 964. The number of fused-ring (bicyclic) bond motifs is 1. The zero-order chi connectivity index (χ0) is 20.6. The lowest BCUT2D eigenvalue weighted by Crippen LogP contribution is -2.42. The Labute approximate surface area is 168 Å². The fourth-order valence-corrected chi connectivity index (χ4v) is 3.95. The van der Waals surface area contributed by atoms with E-state index in [-0.39, 0.29) is 18.9 Å². The second-order valence-corrected chi connectivity index (χ2v) is 7.70. The highest BCUT2D eigenvalue weighted by atomic mass is 19.1. The van der Waals surface area contributed by atoms with Gasteiger partial charge in [-0.25, -0.2) is 9.18 Å². The predicted octanol–water partition coefficient (Wildman–Crippen LogP) is 2.52. The van der Waals surface area contributed by atoms with Crippen LogP contribution >= 0.6 is 0 Å². The van der Waals surface area contributed by atoms with E-state index in [1.165, 1.54) is 29.3 Å². The SMILES string of the molecule is C[C@@]1(c2ccc3c(c2)CCC3)NC(=O)N(C[C@@H](O)COc2ccccc2F)C1=O. The number of aliphatic hydroxyl groups is 1. The van der Waals surface area contributed by atoms with Gasteiger partial charge in [0.15, 0.2) is 11.6 Å². The number of β-amino-alcohol motifs (C(OH)–C–C–N with tert-alkyl or cyclic N) is 1. The molecule has 6 nitrogen and oxygen atoms in total. The zero-order valence-electron chi connectivity index (χ0n) is 16.2. The van der Waals surface area contributed by atoms with Crippen molar-refractivity contribution in [3.63, 3.8) is 0 Å². The molecule has 0 bridgehead atoms. The topological polar surface area (TPSA) is 78.9 Å². The Morgan fingerprint density at radius 2 is 1.97 bits per heavy atom. The van der Waals surface area contributed by atoms with E-state index >= 15 is 0 Å². The van der Waals surface area contributed by atoms with E-state index in [1.807, 2.05) is 18.2 Å². The second-order valence-electron chi connectivity index (χ2n) is 7.70. The maximum atomic E-state index is 13.6. The van der Waals surface area contributed by atoms with Crippen LogP contribution in [0.15, 0.2) is 42.5 Å². The molecule has 0 spiro atoms. The normalized spacial score (nSPS) is 21.8. The molecule has 1 aliphatic carbocycles. The van der Waals surface area contributed by atoms with Crippen molar-refractivity contribution >= 4 is 11.9 Å². The summed E-state index contributed by atoms with van der Waals surface area (Å²) in [5.41, 5.74) is 2.05. The van der Waals surface area contributed by atoms with Crippen molar-refractivity contribution in [3.05, 3.63) is 65.0 Å². The zero-order valence-corrected chi connectivity index (χ0v) is 16.2. The Morgan fingerprint density at radius 1 is 1.21 bits per heavy atom. The molecule has 4 rings (SSSR count). The minimum Gasteiger partial charge on any atom is -0.488 e. The van der Waals surface area contributed by atoms with Crippen LogP contribution in [0.1, 0.15) is 30.0 Å². The molecule has 0 radical (unpaired) electrons. The maximum Gasteiger partial charge on any atom is 0.325 e. The van der Waals surface area contributed by atoms with Gasteiger partial charge in [0.1, 0.15) is 18.2 Å². The number of carbonyl (C=O) groups is 2. The molecular formula is C22H23FN2O4. The molecule has 1 saturated heterocycles. The van der Waals surface area contributed by atoms with Gasteiger partial charge in [0, 0.05) is 0 Å². The van der Waals surface area contributed by atoms with E-state index in [2.05, 4.69) is 5.32 Å². The fraction of sp³-hybridized carbons (Fsp3) is 0.364. The van der Waals surface area contributed by atoms with Gasteiger partial charge in [-0.2, -0.15) is 0 Å². The van der Waals surface area contributed by atoms with Crippen molar-refractivity contribution in [2.24, 2.45) is 0 Å². The Balaban J connectivity index is 1.44. The van der Waals surface area contributed by atoms with Crippen LogP contribution in [0.4, 0.5) is 9.18 Å². The van der Waals surface area contributed by atoms with Gasteiger partial charge >= 0.3 is 6.03 Å². The van der Waals surface area contributed by atoms with Crippen molar-refractivity contribution in [2.45, 2.75) is 37.8 Å². The van der Waals surface area contributed by atoms with Gasteiger partial charge in [0.25, 0.3) is 5.91 Å². The molecule has 3 amide bonds. The fourth-order valence-electron chi connectivity index (χ4n) is 3.95. The van der Waals surface area contributed by atoms with Gasteiger partial charge in [0.2, 0.25) is 0 Å². The Morgan fingerprint density at radius 3 is 2.76 bits per heavy atom. The Hall–Kier alpha value is -2.93. The number of carbonyl (C=O) groups excluding carboxylic acids is 2. The summed E-state index contributed by atoms with van der Waals surface area (Å²) in [5, 5.41) is 13.0. The average molecular weight is 398 g/mol. The number of ether oxygens (including phenoxy) is 1. The summed E-state index contributed by atoms with van der Waals surface area (Å²) in [6.07, 6.45) is 1.95. The van der Waals surface area contributed by atoms with Gasteiger partial charge in [0.05, 0.1) is 6.54 Å². The average Bonchev–Trinajstić information content (AvgIpc) is 3.26. The minimum absolute atomic E-state index is 0.00623. The third kappa shape index (κ3) is 3.58. The van der Waals surface area contributed by atoms with Gasteiger partial charge in [-0.05, 0) is 55.0 Å². The number of rotatable bonds is 6. The molecule has 1 heterocycles. The minimum atomic E-state index is -1.18. The van der Waals surface area contributed by atoms with E-state index in [0.29, 0.717) is 0 Å². The predicted molar refractivity (Wildman–Crippen MR) is 104 cm³/mol. The summed E-state index contributed by atoms with van der Waals surface area (Å²) < 4.78 is 18.9. The molecule has 29 heavy (non-hydrogen) atoms. The van der Waals surface area contributed by atoms with E-state index in [1.54, 1.807) is 13.0 Å². The molecule has 2 aliphatic rings. The molecule has 0 unspecified atom stereocenters. The largest absolute Gasteiger partial charge is 0.488 e. The lowest BCUT2D eigenvalue weighted by atomic mass is 9.89. The molecular weight excluding hydrogens is 375 g/mol. The monoisotopic (exact) mass is 398 g/mol. The van der Waals surface area contributed by atoms with Crippen LogP contribution < -0.4 is 10.1 Å². The molecule has 2 N–H and O–H groups in total. The van der Waals surface area contributed by atoms with Gasteiger partial charge < -0.3 is 15.2 Å². The number of aliphatic hydroxyl groups excluding tert-OH is 1. The van der Waals surface area contributed by atoms with Crippen molar-refractivity contribution in [1.82, 2.24) is 10.2 Å². The number of para-hydroxylation sites is 1. The number of urea groups is 1. The number of halogens is 1. The van der Waals surface area contributed by atoms with E-state index < -0.39 is 29.4 Å². The molecule has 0 saturated carbocycles. The first-order chi connectivity index (χ1) is 13.9. The summed E-state index contributed by atoms with van der Waals surface area (Å²) in [7, 11) is 0. The maximum absolute atomic E-state index is 13.6. The second kappa shape index (κ2) is 7.48. The van der Waals surface area contributed by atoms with Crippen LogP contribution in [-0.2, 0) is 23.2 Å². The van der Waals surface area contributed by atoms with Crippen molar-refractivity contribution in [1.29, 1.82) is 0 Å². The summed E-state index contributed by atoms with van der Waals surface area (Å²) in [5.74, 6) is -0.962. The quantitative estimate of drug-likeness (QED) is 0.733. The summed E-state index contributed by atoms with van der Waals surface area (Å²) >= 11 is 0. The van der Waals surface area contributed by atoms with Crippen molar-refractivity contribution in [2.75, 3.05) is 13.2 Å². The smallest absolute Gasteiger partial charge is 0.325 e. The third-order valence-corrected chi connectivity index (χ3v) is 5.61. The third-order valence-electron chi connectivity index (χ3n) is 5.61. The number of benzene rings is 2. The number of hydrogen-bond donors (Lipinski definition) is 2.